The summed E-state index contributed by atoms with van der Waals surface area (Å²) in [7, 11) is 8.21. The highest BCUT2D eigenvalue weighted by molar-refractivity contribution is 6.12. The molecular formula is C31H40N2O. The van der Waals surface area contributed by atoms with Crippen molar-refractivity contribution in [3.8, 4) is 0 Å². The standard InChI is InChI=1S/C31H40N2O/c1-30(2,3)26-19-23(20-27(29(26)34)31(4,5)6)28(21-11-15-24(16-12-21)32(7)8)22-13-17-25(18-14-22)33(9)10/h11-20H,1-10H3. The van der Waals surface area contributed by atoms with Gasteiger partial charge in [-0.05, 0) is 69.5 Å². The van der Waals surface area contributed by atoms with Crippen molar-refractivity contribution >= 4 is 22.7 Å². The second kappa shape index (κ2) is 9.29. The van der Waals surface area contributed by atoms with Crippen LogP contribution in [-0.4, -0.2) is 34.0 Å². The zero-order valence-corrected chi connectivity index (χ0v) is 22.6. The Kier molecular flexibility index (Phi) is 6.98. The Bertz CT molecular complexity index is 1050. The maximum atomic E-state index is 13.5. The molecule has 0 bridgehead atoms. The Balaban J connectivity index is 2.36. The second-order valence-electron chi connectivity index (χ2n) is 11.7. The first kappa shape index (κ1) is 25.6. The van der Waals surface area contributed by atoms with Crippen molar-refractivity contribution in [3.63, 3.8) is 0 Å². The average Bonchev–Trinajstić information content (AvgIpc) is 2.74. The maximum Gasteiger partial charge on any atom is 0.186 e. The Morgan fingerprint density at radius 2 is 0.912 bits per heavy atom. The summed E-state index contributed by atoms with van der Waals surface area (Å²) in [4.78, 5) is 17.7. The zero-order chi connectivity index (χ0) is 25.4. The molecule has 0 spiro atoms. The smallest absolute Gasteiger partial charge is 0.186 e. The van der Waals surface area contributed by atoms with Gasteiger partial charge in [-0.2, -0.15) is 0 Å². The number of ketones is 1. The van der Waals surface area contributed by atoms with Crippen LogP contribution in [0, 0.1) is 10.8 Å². The lowest BCUT2D eigenvalue weighted by Crippen LogP contribution is -2.28. The Hall–Kier alpha value is -3.07. The highest BCUT2D eigenvalue weighted by Gasteiger charge is 2.34. The third-order valence-corrected chi connectivity index (χ3v) is 6.34. The van der Waals surface area contributed by atoms with Gasteiger partial charge in [0.1, 0.15) is 0 Å². The van der Waals surface area contributed by atoms with Gasteiger partial charge in [0.25, 0.3) is 0 Å². The molecule has 0 unspecified atom stereocenters. The molecule has 0 saturated heterocycles. The van der Waals surface area contributed by atoms with Crippen molar-refractivity contribution < 1.29 is 4.79 Å². The molecule has 0 saturated carbocycles. The molecule has 3 nitrogen and oxygen atoms in total. The monoisotopic (exact) mass is 456 g/mol. The van der Waals surface area contributed by atoms with E-state index in [1.165, 1.54) is 0 Å². The molecule has 0 N–H and O–H groups in total. The second-order valence-corrected chi connectivity index (χ2v) is 11.7. The van der Waals surface area contributed by atoms with Gasteiger partial charge in [0.05, 0.1) is 0 Å². The summed E-state index contributed by atoms with van der Waals surface area (Å²) in [5.41, 5.74) is 8.06. The molecule has 1 aliphatic carbocycles. The summed E-state index contributed by atoms with van der Waals surface area (Å²) in [6.45, 7) is 12.7. The predicted molar refractivity (Wildman–Crippen MR) is 148 cm³/mol. The number of allylic oxidation sites excluding steroid dienone is 5. The molecule has 180 valence electrons. The molecule has 2 aromatic rings. The number of hydrogen-bond donors (Lipinski definition) is 0. The van der Waals surface area contributed by atoms with Crippen molar-refractivity contribution in [2.75, 3.05) is 38.0 Å². The predicted octanol–water partition coefficient (Wildman–Crippen LogP) is 7.15. The number of hydrogen-bond acceptors (Lipinski definition) is 3. The van der Waals surface area contributed by atoms with Crippen molar-refractivity contribution in [2.45, 2.75) is 41.5 Å². The number of anilines is 2. The highest BCUT2D eigenvalue weighted by atomic mass is 16.1. The molecule has 0 heterocycles. The van der Waals surface area contributed by atoms with Crippen molar-refractivity contribution in [3.05, 3.63) is 88.5 Å². The lowest BCUT2D eigenvalue weighted by molar-refractivity contribution is -0.114. The molecular weight excluding hydrogens is 416 g/mol. The van der Waals surface area contributed by atoms with Gasteiger partial charge in [0.2, 0.25) is 0 Å². The fraction of sp³-hybridized carbons (Fsp3) is 0.387. The third kappa shape index (κ3) is 5.35. The Morgan fingerprint density at radius 1 is 0.588 bits per heavy atom. The normalized spacial score (nSPS) is 14.5. The van der Waals surface area contributed by atoms with Crippen LogP contribution in [0.4, 0.5) is 11.4 Å². The minimum atomic E-state index is -0.248. The number of Topliss-reactive ketones (excluding diaryl/α,β-unsaturated/α-hetero) is 1. The van der Waals surface area contributed by atoms with Crippen LogP contribution in [0.25, 0.3) is 5.57 Å². The van der Waals surface area contributed by atoms with E-state index < -0.39 is 0 Å². The molecule has 3 heteroatoms. The van der Waals surface area contributed by atoms with Gasteiger partial charge in [-0.1, -0.05) is 65.8 Å². The van der Waals surface area contributed by atoms with Gasteiger partial charge in [0, 0.05) is 50.7 Å². The van der Waals surface area contributed by atoms with E-state index in [-0.39, 0.29) is 16.6 Å². The third-order valence-electron chi connectivity index (χ3n) is 6.34. The molecule has 1 aliphatic rings. The molecule has 0 amide bonds. The first-order valence-electron chi connectivity index (χ1n) is 12.0. The number of carbonyl (C=O) groups is 1. The summed E-state index contributed by atoms with van der Waals surface area (Å²) >= 11 is 0. The summed E-state index contributed by atoms with van der Waals surface area (Å²) in [5.74, 6) is 0.161. The van der Waals surface area contributed by atoms with Crippen LogP contribution in [-0.2, 0) is 4.79 Å². The lowest BCUT2D eigenvalue weighted by Gasteiger charge is -2.32. The van der Waals surface area contributed by atoms with Crippen LogP contribution in [0.15, 0.2) is 77.4 Å². The maximum absolute atomic E-state index is 13.5. The van der Waals surface area contributed by atoms with E-state index in [9.17, 15) is 4.79 Å². The first-order valence-corrected chi connectivity index (χ1v) is 12.0. The van der Waals surface area contributed by atoms with E-state index in [1.54, 1.807) is 0 Å². The number of benzene rings is 2. The van der Waals surface area contributed by atoms with Gasteiger partial charge in [-0.3, -0.25) is 4.79 Å². The van der Waals surface area contributed by atoms with Crippen LogP contribution in [0.1, 0.15) is 52.7 Å². The first-order chi connectivity index (χ1) is 15.7. The number of nitrogens with zero attached hydrogens (tertiary/aromatic N) is 2. The van der Waals surface area contributed by atoms with Crippen LogP contribution in [0.3, 0.4) is 0 Å². The van der Waals surface area contributed by atoms with E-state index in [1.807, 2.05) is 0 Å². The molecule has 0 fully saturated rings. The summed E-state index contributed by atoms with van der Waals surface area (Å²) in [5, 5.41) is 0. The highest BCUT2D eigenvalue weighted by Crippen LogP contribution is 2.42. The molecule has 2 aromatic carbocycles. The van der Waals surface area contributed by atoms with E-state index in [2.05, 4.69) is 140 Å². The lowest BCUT2D eigenvalue weighted by atomic mass is 9.71. The van der Waals surface area contributed by atoms with E-state index in [4.69, 9.17) is 0 Å². The van der Waals surface area contributed by atoms with Gasteiger partial charge in [-0.15, -0.1) is 0 Å². The van der Waals surface area contributed by atoms with Crippen molar-refractivity contribution in [2.24, 2.45) is 10.8 Å². The average molecular weight is 457 g/mol. The van der Waals surface area contributed by atoms with Crippen LogP contribution < -0.4 is 9.80 Å². The van der Waals surface area contributed by atoms with Crippen LogP contribution in [0.5, 0.6) is 0 Å². The summed E-state index contributed by atoms with van der Waals surface area (Å²) in [6.07, 6.45) is 4.24. The molecule has 0 radical (unpaired) electrons. The zero-order valence-electron chi connectivity index (χ0n) is 22.6. The van der Waals surface area contributed by atoms with E-state index in [0.717, 1.165) is 44.8 Å². The van der Waals surface area contributed by atoms with Crippen LogP contribution >= 0.6 is 0 Å². The summed E-state index contributed by atoms with van der Waals surface area (Å²) in [6, 6.07) is 17.3. The van der Waals surface area contributed by atoms with Gasteiger partial charge in [0.15, 0.2) is 5.78 Å². The minimum absolute atomic E-state index is 0.161. The Labute approximate surface area is 206 Å². The van der Waals surface area contributed by atoms with Gasteiger partial charge < -0.3 is 9.80 Å². The molecule has 0 atom stereocenters. The number of carbonyl (C=O) groups excluding carboxylic acids is 1. The number of rotatable bonds is 4. The van der Waals surface area contributed by atoms with Gasteiger partial charge in [-0.25, -0.2) is 0 Å². The fourth-order valence-corrected chi connectivity index (χ4v) is 4.24. The Morgan fingerprint density at radius 3 is 1.18 bits per heavy atom. The van der Waals surface area contributed by atoms with E-state index >= 15 is 0 Å². The molecule has 0 aromatic heterocycles. The summed E-state index contributed by atoms with van der Waals surface area (Å²) < 4.78 is 0. The van der Waals surface area contributed by atoms with E-state index in [0.29, 0.717) is 0 Å². The quantitative estimate of drug-likeness (QED) is 0.488. The molecule has 34 heavy (non-hydrogen) atoms. The molecule has 0 aliphatic heterocycles. The fourth-order valence-electron chi connectivity index (χ4n) is 4.24. The van der Waals surface area contributed by atoms with Crippen molar-refractivity contribution in [1.29, 1.82) is 0 Å². The minimum Gasteiger partial charge on any atom is -0.378 e. The van der Waals surface area contributed by atoms with Gasteiger partial charge >= 0.3 is 0 Å². The van der Waals surface area contributed by atoms with Crippen LogP contribution in [0.2, 0.25) is 0 Å². The SMILES string of the molecule is CN(C)c1ccc(C(=C2C=C(C(C)(C)C)C(=O)C(C(C)(C)C)=C2)c2ccc(N(C)C)cc2)cc1. The van der Waals surface area contributed by atoms with Crippen molar-refractivity contribution in [1.82, 2.24) is 0 Å². The topological polar surface area (TPSA) is 23.6 Å². The largest absolute Gasteiger partial charge is 0.378 e. The molecule has 3 rings (SSSR count).